The molecule has 0 aliphatic carbocycles. The van der Waals surface area contributed by atoms with E-state index >= 15 is 0 Å². The lowest BCUT2D eigenvalue weighted by atomic mass is 10.2. The second-order valence-electron chi connectivity index (χ2n) is 2.53. The number of carboxylic acid groups (broad SMARTS) is 1. The molecule has 0 radical (unpaired) electrons. The van der Waals surface area contributed by atoms with E-state index in [0.29, 0.717) is 11.3 Å². The number of rotatable bonds is 2. The number of pyridine rings is 1. The minimum Gasteiger partial charge on any atom is -0.478 e. The molecular weight excluding hydrogens is 173 g/mol. The molecule has 1 heterocycles. The fraction of sp³-hybridized carbons (Fsp3) is 0.111. The van der Waals surface area contributed by atoms with Crippen molar-refractivity contribution in [2.75, 3.05) is 0 Å². The molecule has 0 amide bonds. The van der Waals surface area contributed by atoms with Crippen LogP contribution in [0.15, 0.2) is 24.4 Å². The van der Waals surface area contributed by atoms with E-state index in [9.17, 15) is 9.18 Å². The average molecular weight is 181 g/mol. The number of allylic oxidation sites excluding steroid dienone is 1. The van der Waals surface area contributed by atoms with Crippen LogP contribution in [0.2, 0.25) is 0 Å². The molecular formula is C9H8FNO2. The molecule has 0 atom stereocenters. The molecule has 13 heavy (non-hydrogen) atoms. The predicted octanol–water partition coefficient (Wildman–Crippen LogP) is 1.71. The van der Waals surface area contributed by atoms with Gasteiger partial charge >= 0.3 is 5.97 Å². The largest absolute Gasteiger partial charge is 0.478 e. The van der Waals surface area contributed by atoms with Gasteiger partial charge in [-0.1, -0.05) is 0 Å². The fourth-order valence-electron chi connectivity index (χ4n) is 0.868. The van der Waals surface area contributed by atoms with E-state index in [-0.39, 0.29) is 0 Å². The van der Waals surface area contributed by atoms with Gasteiger partial charge in [-0.3, -0.25) is 4.98 Å². The Kier molecular flexibility index (Phi) is 2.74. The molecule has 0 aromatic carbocycles. The van der Waals surface area contributed by atoms with Crippen molar-refractivity contribution in [2.24, 2.45) is 0 Å². The van der Waals surface area contributed by atoms with Crippen LogP contribution in [0.4, 0.5) is 4.39 Å². The van der Waals surface area contributed by atoms with Crippen molar-refractivity contribution in [3.05, 3.63) is 35.9 Å². The van der Waals surface area contributed by atoms with Gasteiger partial charge in [0.2, 0.25) is 0 Å². The van der Waals surface area contributed by atoms with E-state index in [1.54, 1.807) is 6.92 Å². The first kappa shape index (κ1) is 9.38. The van der Waals surface area contributed by atoms with Gasteiger partial charge in [0.25, 0.3) is 0 Å². The summed E-state index contributed by atoms with van der Waals surface area (Å²) < 4.78 is 12.4. The maximum absolute atomic E-state index is 12.4. The van der Waals surface area contributed by atoms with Crippen molar-refractivity contribution in [1.29, 1.82) is 0 Å². The summed E-state index contributed by atoms with van der Waals surface area (Å²) in [4.78, 5) is 14.0. The molecule has 0 fully saturated rings. The summed E-state index contributed by atoms with van der Waals surface area (Å²) in [5.74, 6) is -1.48. The highest BCUT2D eigenvalue weighted by molar-refractivity contribution is 5.88. The van der Waals surface area contributed by atoms with Gasteiger partial charge in [0.1, 0.15) is 5.82 Å². The molecule has 3 nitrogen and oxygen atoms in total. The monoisotopic (exact) mass is 181 g/mol. The number of carbonyl (C=O) groups is 1. The SMILES string of the molecule is C/C(=C\C(=O)O)c1ccc(F)cn1. The lowest BCUT2D eigenvalue weighted by molar-refractivity contribution is -0.131. The second-order valence-corrected chi connectivity index (χ2v) is 2.53. The molecule has 1 aromatic rings. The van der Waals surface area contributed by atoms with E-state index in [2.05, 4.69) is 4.98 Å². The first-order chi connectivity index (χ1) is 6.09. The number of hydrogen-bond acceptors (Lipinski definition) is 2. The number of aliphatic carboxylic acids is 1. The van der Waals surface area contributed by atoms with Crippen LogP contribution in [0.5, 0.6) is 0 Å². The highest BCUT2D eigenvalue weighted by atomic mass is 19.1. The molecule has 0 bridgehead atoms. The van der Waals surface area contributed by atoms with Gasteiger partial charge in [-0.2, -0.15) is 0 Å². The predicted molar refractivity (Wildman–Crippen MR) is 45.5 cm³/mol. The number of carboxylic acids is 1. The Hall–Kier alpha value is -1.71. The minimum absolute atomic E-state index is 0.438. The van der Waals surface area contributed by atoms with Crippen LogP contribution in [0.25, 0.3) is 5.57 Å². The van der Waals surface area contributed by atoms with E-state index in [0.717, 1.165) is 12.3 Å². The van der Waals surface area contributed by atoms with Gasteiger partial charge < -0.3 is 5.11 Å². The topological polar surface area (TPSA) is 50.2 Å². The molecule has 1 aromatic heterocycles. The zero-order valence-corrected chi connectivity index (χ0v) is 6.99. The Morgan fingerprint density at radius 2 is 2.31 bits per heavy atom. The molecule has 4 heteroatoms. The van der Waals surface area contributed by atoms with Crippen molar-refractivity contribution in [3.8, 4) is 0 Å². The van der Waals surface area contributed by atoms with Crippen LogP contribution in [0, 0.1) is 5.82 Å². The molecule has 0 saturated carbocycles. The average Bonchev–Trinajstić information content (AvgIpc) is 2.04. The minimum atomic E-state index is -1.04. The zero-order valence-electron chi connectivity index (χ0n) is 6.99. The Balaban J connectivity index is 2.96. The summed E-state index contributed by atoms with van der Waals surface area (Å²) in [5, 5.41) is 8.42. The Morgan fingerprint density at radius 1 is 1.62 bits per heavy atom. The maximum atomic E-state index is 12.4. The summed E-state index contributed by atoms with van der Waals surface area (Å²) >= 11 is 0. The highest BCUT2D eigenvalue weighted by Crippen LogP contribution is 2.10. The van der Waals surface area contributed by atoms with Crippen LogP contribution in [0.3, 0.4) is 0 Å². The standard InChI is InChI=1S/C9H8FNO2/c1-6(4-9(12)13)8-3-2-7(10)5-11-8/h2-5H,1H3,(H,12,13)/b6-4+. The van der Waals surface area contributed by atoms with Crippen LogP contribution in [-0.2, 0) is 4.79 Å². The summed E-state index contributed by atoms with van der Waals surface area (Å²) in [6.45, 7) is 1.61. The Morgan fingerprint density at radius 3 is 2.77 bits per heavy atom. The van der Waals surface area contributed by atoms with Crippen molar-refractivity contribution in [2.45, 2.75) is 6.92 Å². The van der Waals surface area contributed by atoms with E-state index in [1.807, 2.05) is 0 Å². The Labute approximate surface area is 74.5 Å². The summed E-state index contributed by atoms with van der Waals surface area (Å²) in [5.41, 5.74) is 0.955. The van der Waals surface area contributed by atoms with Gasteiger partial charge in [-0.25, -0.2) is 9.18 Å². The van der Waals surface area contributed by atoms with Crippen molar-refractivity contribution < 1.29 is 14.3 Å². The van der Waals surface area contributed by atoms with Crippen LogP contribution in [-0.4, -0.2) is 16.1 Å². The first-order valence-corrected chi connectivity index (χ1v) is 3.63. The molecule has 1 rings (SSSR count). The normalized spacial score (nSPS) is 11.4. The van der Waals surface area contributed by atoms with Gasteiger partial charge in [0.05, 0.1) is 11.9 Å². The van der Waals surface area contributed by atoms with Gasteiger partial charge in [-0.15, -0.1) is 0 Å². The smallest absolute Gasteiger partial charge is 0.328 e. The number of aromatic nitrogens is 1. The van der Waals surface area contributed by atoms with Crippen molar-refractivity contribution in [3.63, 3.8) is 0 Å². The molecule has 0 aliphatic rings. The molecule has 0 aliphatic heterocycles. The van der Waals surface area contributed by atoms with Gasteiger partial charge in [-0.05, 0) is 24.6 Å². The summed E-state index contributed by atoms with van der Waals surface area (Å²) in [6.07, 6.45) is 2.08. The number of nitrogens with zero attached hydrogens (tertiary/aromatic N) is 1. The van der Waals surface area contributed by atoms with Crippen LogP contribution < -0.4 is 0 Å². The van der Waals surface area contributed by atoms with E-state index in [4.69, 9.17) is 5.11 Å². The van der Waals surface area contributed by atoms with Gasteiger partial charge in [0.15, 0.2) is 0 Å². The third-order valence-corrected chi connectivity index (χ3v) is 1.47. The lowest BCUT2D eigenvalue weighted by Gasteiger charge is -1.97. The molecule has 1 N–H and O–H groups in total. The summed E-state index contributed by atoms with van der Waals surface area (Å²) in [7, 11) is 0. The lowest BCUT2D eigenvalue weighted by Crippen LogP contribution is -1.92. The fourth-order valence-corrected chi connectivity index (χ4v) is 0.868. The van der Waals surface area contributed by atoms with Crippen LogP contribution >= 0.6 is 0 Å². The highest BCUT2D eigenvalue weighted by Gasteiger charge is 1.99. The quantitative estimate of drug-likeness (QED) is 0.706. The Bertz CT molecular complexity index is 343. The number of halogens is 1. The first-order valence-electron chi connectivity index (χ1n) is 3.63. The third kappa shape index (κ3) is 2.66. The van der Waals surface area contributed by atoms with E-state index < -0.39 is 11.8 Å². The molecule has 0 unspecified atom stereocenters. The molecule has 68 valence electrons. The second kappa shape index (κ2) is 3.80. The maximum Gasteiger partial charge on any atom is 0.328 e. The van der Waals surface area contributed by atoms with Crippen molar-refractivity contribution in [1.82, 2.24) is 4.98 Å². The third-order valence-electron chi connectivity index (χ3n) is 1.47. The van der Waals surface area contributed by atoms with E-state index in [1.165, 1.54) is 12.1 Å². The number of hydrogen-bond donors (Lipinski definition) is 1. The molecule has 0 saturated heterocycles. The zero-order chi connectivity index (χ0) is 9.84. The van der Waals surface area contributed by atoms with Crippen molar-refractivity contribution >= 4 is 11.5 Å². The van der Waals surface area contributed by atoms with Crippen LogP contribution in [0.1, 0.15) is 12.6 Å². The van der Waals surface area contributed by atoms with Gasteiger partial charge in [0, 0.05) is 6.08 Å². The molecule has 0 spiro atoms. The summed E-state index contributed by atoms with van der Waals surface area (Å²) in [6, 6.07) is 2.67.